The summed E-state index contributed by atoms with van der Waals surface area (Å²) in [6, 6.07) is 4.98. The van der Waals surface area contributed by atoms with Crippen molar-refractivity contribution in [2.45, 2.75) is 19.4 Å². The van der Waals surface area contributed by atoms with Gasteiger partial charge in [0.1, 0.15) is 0 Å². The van der Waals surface area contributed by atoms with Gasteiger partial charge in [0.05, 0.1) is 6.54 Å². The summed E-state index contributed by atoms with van der Waals surface area (Å²) in [6.45, 7) is 1.85. The molecular weight excluding hydrogens is 377 g/mol. The first-order valence-corrected chi connectivity index (χ1v) is 9.09. The molecule has 4 rings (SSSR count). The lowest BCUT2D eigenvalue weighted by Crippen LogP contribution is -2.39. The quantitative estimate of drug-likeness (QED) is 0.740. The molecule has 26 heavy (non-hydrogen) atoms. The van der Waals surface area contributed by atoms with Crippen LogP contribution in [0.15, 0.2) is 27.8 Å². The molecule has 1 aliphatic heterocycles. The summed E-state index contributed by atoms with van der Waals surface area (Å²) in [4.78, 5) is 35.3. The third-order valence-electron chi connectivity index (χ3n) is 4.72. The van der Waals surface area contributed by atoms with Crippen molar-refractivity contribution in [2.75, 3.05) is 18.0 Å². The Morgan fingerprint density at radius 1 is 1.19 bits per heavy atom. The van der Waals surface area contributed by atoms with E-state index >= 15 is 0 Å². The highest BCUT2D eigenvalue weighted by atomic mass is 35.5. The lowest BCUT2D eigenvalue weighted by atomic mass is 10.2. The minimum Gasteiger partial charge on any atom is -0.342 e. The third kappa shape index (κ3) is 2.81. The first-order chi connectivity index (χ1) is 12.5. The summed E-state index contributed by atoms with van der Waals surface area (Å²) in [6.07, 6.45) is 2.19. The molecule has 3 aromatic rings. The summed E-state index contributed by atoms with van der Waals surface area (Å²) in [5.41, 5.74) is 0.480. The van der Waals surface area contributed by atoms with Crippen molar-refractivity contribution in [1.82, 2.24) is 19.1 Å². The molecule has 136 valence electrons. The van der Waals surface area contributed by atoms with Crippen LogP contribution in [0.25, 0.3) is 11.2 Å². The number of benzene rings is 1. The Hall–Kier alpha value is -2.25. The van der Waals surface area contributed by atoms with Crippen LogP contribution in [-0.2, 0) is 13.6 Å². The average molecular weight is 394 g/mol. The predicted molar refractivity (Wildman–Crippen MR) is 103 cm³/mol. The summed E-state index contributed by atoms with van der Waals surface area (Å²) in [7, 11) is 1.61. The summed E-state index contributed by atoms with van der Waals surface area (Å²) < 4.78 is 2.54. The van der Waals surface area contributed by atoms with Gasteiger partial charge in [-0.3, -0.25) is 13.9 Å². The molecule has 0 aliphatic carbocycles. The van der Waals surface area contributed by atoms with Crippen LogP contribution in [0.3, 0.4) is 0 Å². The fourth-order valence-corrected chi connectivity index (χ4v) is 3.74. The molecule has 9 heteroatoms. The highest BCUT2D eigenvalue weighted by Crippen LogP contribution is 2.22. The van der Waals surface area contributed by atoms with Gasteiger partial charge in [0, 0.05) is 30.2 Å². The zero-order valence-electron chi connectivity index (χ0n) is 14.1. The molecule has 1 aromatic carbocycles. The number of H-pyrrole nitrogens is 1. The zero-order valence-corrected chi connectivity index (χ0v) is 15.6. The molecule has 0 radical (unpaired) electrons. The zero-order chi connectivity index (χ0) is 18.4. The van der Waals surface area contributed by atoms with Gasteiger partial charge in [-0.05, 0) is 30.5 Å². The fourth-order valence-electron chi connectivity index (χ4n) is 3.28. The Bertz CT molecular complexity index is 1110. The van der Waals surface area contributed by atoms with Gasteiger partial charge < -0.3 is 9.88 Å². The number of halogens is 2. The van der Waals surface area contributed by atoms with E-state index in [9.17, 15) is 9.59 Å². The number of hydrogen-bond acceptors (Lipinski definition) is 4. The van der Waals surface area contributed by atoms with Gasteiger partial charge in [-0.1, -0.05) is 29.3 Å². The van der Waals surface area contributed by atoms with Crippen molar-refractivity contribution in [2.24, 2.45) is 7.05 Å². The fraction of sp³-hybridized carbons (Fsp3) is 0.353. The second-order valence-corrected chi connectivity index (χ2v) is 7.27. The third-order valence-corrected chi connectivity index (χ3v) is 5.30. The van der Waals surface area contributed by atoms with E-state index < -0.39 is 11.2 Å². The number of nitrogens with one attached hydrogen (secondary N) is 1. The number of aromatic amines is 1. The number of aryl methyl sites for hydroxylation is 1. The molecule has 0 spiro atoms. The van der Waals surface area contributed by atoms with E-state index in [0.717, 1.165) is 30.5 Å². The lowest BCUT2D eigenvalue weighted by molar-refractivity contribution is 0.657. The van der Waals surface area contributed by atoms with E-state index in [-0.39, 0.29) is 6.54 Å². The van der Waals surface area contributed by atoms with E-state index in [2.05, 4.69) is 14.9 Å². The first kappa shape index (κ1) is 17.2. The topological polar surface area (TPSA) is 75.9 Å². The highest BCUT2D eigenvalue weighted by Gasteiger charge is 2.20. The molecule has 0 bridgehead atoms. The van der Waals surface area contributed by atoms with Gasteiger partial charge in [-0.2, -0.15) is 4.98 Å². The standard InChI is InChI=1S/C17H17Cl2N5O2/c1-22-14-13(20-16(21-14)23-6-2-3-7-23)15(25)24(17(22)26)9-10-4-5-11(18)8-12(10)19/h4-5,8H,2-3,6-7,9H2,1H3,(H,20,21). The molecule has 0 saturated carbocycles. The number of rotatable bonds is 3. The molecule has 3 heterocycles. The van der Waals surface area contributed by atoms with Crippen molar-refractivity contribution in [3.63, 3.8) is 0 Å². The van der Waals surface area contributed by atoms with E-state index in [0.29, 0.717) is 32.7 Å². The lowest BCUT2D eigenvalue weighted by Gasteiger charge is -2.12. The van der Waals surface area contributed by atoms with Crippen LogP contribution < -0.4 is 16.1 Å². The van der Waals surface area contributed by atoms with E-state index in [1.807, 2.05) is 0 Å². The molecule has 1 N–H and O–H groups in total. The predicted octanol–water partition coefficient (Wildman–Crippen LogP) is 2.38. The minimum atomic E-state index is -0.437. The van der Waals surface area contributed by atoms with Crippen LogP contribution >= 0.6 is 23.2 Å². The monoisotopic (exact) mass is 393 g/mol. The second-order valence-electron chi connectivity index (χ2n) is 6.42. The van der Waals surface area contributed by atoms with Gasteiger partial charge in [0.15, 0.2) is 11.2 Å². The highest BCUT2D eigenvalue weighted by molar-refractivity contribution is 6.35. The van der Waals surface area contributed by atoms with Crippen LogP contribution in [-0.4, -0.2) is 32.2 Å². The molecule has 1 saturated heterocycles. The maximum Gasteiger partial charge on any atom is 0.332 e. The number of fused-ring (bicyclic) bond motifs is 1. The number of hydrogen-bond donors (Lipinski definition) is 1. The van der Waals surface area contributed by atoms with Crippen LogP contribution in [0.2, 0.25) is 10.0 Å². The Balaban J connectivity index is 1.84. The number of nitrogens with zero attached hydrogens (tertiary/aromatic N) is 4. The number of aromatic nitrogens is 4. The van der Waals surface area contributed by atoms with Crippen molar-refractivity contribution in [1.29, 1.82) is 0 Å². The maximum atomic E-state index is 12.9. The van der Waals surface area contributed by atoms with Crippen LogP contribution in [0, 0.1) is 0 Å². The molecular formula is C17H17Cl2N5O2. The van der Waals surface area contributed by atoms with Crippen LogP contribution in [0.4, 0.5) is 5.95 Å². The molecule has 0 amide bonds. The summed E-state index contributed by atoms with van der Waals surface area (Å²) >= 11 is 12.1. The van der Waals surface area contributed by atoms with Gasteiger partial charge in [-0.15, -0.1) is 0 Å². The molecule has 7 nitrogen and oxygen atoms in total. The van der Waals surface area contributed by atoms with Crippen molar-refractivity contribution in [3.8, 4) is 0 Å². The molecule has 1 fully saturated rings. The Kier molecular flexibility index (Phi) is 4.28. The van der Waals surface area contributed by atoms with Crippen molar-refractivity contribution < 1.29 is 0 Å². The SMILES string of the molecule is Cn1c(=O)n(Cc2ccc(Cl)cc2Cl)c(=O)c2[nH]c(N3CCCC3)nc21. The maximum absolute atomic E-state index is 12.9. The second kappa shape index (κ2) is 6.48. The van der Waals surface area contributed by atoms with Gasteiger partial charge in [-0.25, -0.2) is 4.79 Å². The van der Waals surface area contributed by atoms with E-state index in [4.69, 9.17) is 23.2 Å². The average Bonchev–Trinajstić information content (AvgIpc) is 3.27. The molecule has 0 atom stereocenters. The summed E-state index contributed by atoms with van der Waals surface area (Å²) in [5.74, 6) is 0.631. The van der Waals surface area contributed by atoms with E-state index in [1.54, 1.807) is 25.2 Å². The Labute approximate surface area is 158 Å². The first-order valence-electron chi connectivity index (χ1n) is 8.34. The molecule has 2 aromatic heterocycles. The normalized spacial score (nSPS) is 14.5. The van der Waals surface area contributed by atoms with Gasteiger partial charge in [0.2, 0.25) is 5.95 Å². The van der Waals surface area contributed by atoms with Gasteiger partial charge >= 0.3 is 5.69 Å². The van der Waals surface area contributed by atoms with Crippen LogP contribution in [0.5, 0.6) is 0 Å². The number of imidazole rings is 1. The van der Waals surface area contributed by atoms with Gasteiger partial charge in [0.25, 0.3) is 5.56 Å². The van der Waals surface area contributed by atoms with Crippen LogP contribution in [0.1, 0.15) is 18.4 Å². The minimum absolute atomic E-state index is 0.0650. The largest absolute Gasteiger partial charge is 0.342 e. The van der Waals surface area contributed by atoms with Crippen molar-refractivity contribution >= 4 is 40.3 Å². The Morgan fingerprint density at radius 2 is 1.92 bits per heavy atom. The molecule has 1 aliphatic rings. The molecule has 0 unspecified atom stereocenters. The Morgan fingerprint density at radius 3 is 2.62 bits per heavy atom. The summed E-state index contributed by atoms with van der Waals surface area (Å²) in [5, 5.41) is 0.909. The van der Waals surface area contributed by atoms with Crippen molar-refractivity contribution in [3.05, 3.63) is 54.6 Å². The smallest absolute Gasteiger partial charge is 0.332 e. The number of anilines is 1. The van der Waals surface area contributed by atoms with E-state index in [1.165, 1.54) is 4.57 Å².